The molecule has 2 N–H and O–H groups in total. The van der Waals surface area contributed by atoms with E-state index < -0.39 is 0 Å². The van der Waals surface area contributed by atoms with Gasteiger partial charge in [0.25, 0.3) is 5.91 Å². The second-order valence-electron chi connectivity index (χ2n) is 6.13. The van der Waals surface area contributed by atoms with Crippen molar-refractivity contribution < 1.29 is 4.79 Å². The number of rotatable bonds is 5. The van der Waals surface area contributed by atoms with Gasteiger partial charge >= 0.3 is 0 Å². The maximum atomic E-state index is 12.1. The quantitative estimate of drug-likeness (QED) is 0.826. The van der Waals surface area contributed by atoms with E-state index >= 15 is 0 Å². The van der Waals surface area contributed by atoms with Crippen LogP contribution in [0.1, 0.15) is 54.6 Å². The molecule has 2 heterocycles. The van der Waals surface area contributed by atoms with Crippen LogP contribution < -0.4 is 10.6 Å². The van der Waals surface area contributed by atoms with Gasteiger partial charge in [0.05, 0.1) is 17.8 Å². The zero-order chi connectivity index (χ0) is 16.6. The number of nitrogens with one attached hydrogen (secondary N) is 2. The zero-order valence-corrected chi connectivity index (χ0v) is 13.7. The van der Waals surface area contributed by atoms with Gasteiger partial charge in [-0.15, -0.1) is 0 Å². The van der Waals surface area contributed by atoms with E-state index in [-0.39, 0.29) is 5.91 Å². The van der Waals surface area contributed by atoms with E-state index in [1.165, 1.54) is 25.7 Å². The van der Waals surface area contributed by atoms with Gasteiger partial charge in [-0.05, 0) is 25.0 Å². The molecule has 1 saturated carbocycles. The molecular weight excluding hydrogens is 302 g/mol. The highest BCUT2D eigenvalue weighted by Crippen LogP contribution is 2.19. The molecular formula is C18H23N5O. The highest BCUT2D eigenvalue weighted by atomic mass is 16.1. The molecule has 24 heavy (non-hydrogen) atoms. The Morgan fingerprint density at radius 3 is 2.46 bits per heavy atom. The predicted octanol–water partition coefficient (Wildman–Crippen LogP) is 2.94. The zero-order valence-electron chi connectivity index (χ0n) is 13.7. The Hall–Kier alpha value is -2.50. The number of hydrogen-bond acceptors (Lipinski definition) is 5. The summed E-state index contributed by atoms with van der Waals surface area (Å²) in [6, 6.07) is 6.05. The second-order valence-corrected chi connectivity index (χ2v) is 6.13. The molecule has 0 aliphatic heterocycles. The van der Waals surface area contributed by atoms with Crippen molar-refractivity contribution in [2.45, 2.75) is 51.1 Å². The van der Waals surface area contributed by atoms with Crippen molar-refractivity contribution in [2.24, 2.45) is 0 Å². The molecule has 2 aromatic heterocycles. The van der Waals surface area contributed by atoms with Gasteiger partial charge in [0.1, 0.15) is 0 Å². The Morgan fingerprint density at radius 2 is 1.79 bits per heavy atom. The molecule has 3 rings (SSSR count). The molecule has 0 unspecified atom stereocenters. The Bertz CT molecular complexity index is 636. The summed E-state index contributed by atoms with van der Waals surface area (Å²) in [6.07, 6.45) is 12.3. The normalized spacial score (nSPS) is 15.5. The lowest BCUT2D eigenvalue weighted by molar-refractivity contribution is 0.0949. The molecule has 1 amide bonds. The summed E-state index contributed by atoms with van der Waals surface area (Å²) in [5, 5.41) is 6.20. The Kier molecular flexibility index (Phi) is 5.71. The minimum atomic E-state index is -0.193. The van der Waals surface area contributed by atoms with Gasteiger partial charge in [-0.1, -0.05) is 31.7 Å². The summed E-state index contributed by atoms with van der Waals surface area (Å²) in [6.45, 7) is 0.391. The molecule has 1 aliphatic rings. The van der Waals surface area contributed by atoms with Crippen molar-refractivity contribution in [3.8, 4) is 0 Å². The molecule has 0 atom stereocenters. The Balaban J connectivity index is 1.52. The van der Waals surface area contributed by atoms with E-state index in [4.69, 9.17) is 0 Å². The van der Waals surface area contributed by atoms with Gasteiger partial charge in [-0.25, -0.2) is 9.97 Å². The van der Waals surface area contributed by atoms with E-state index in [1.54, 1.807) is 18.6 Å². The highest BCUT2D eigenvalue weighted by molar-refractivity contribution is 5.93. The van der Waals surface area contributed by atoms with E-state index in [0.717, 1.165) is 18.5 Å². The van der Waals surface area contributed by atoms with Gasteiger partial charge in [-0.2, -0.15) is 0 Å². The van der Waals surface area contributed by atoms with Gasteiger partial charge < -0.3 is 10.6 Å². The molecule has 6 heteroatoms. The Morgan fingerprint density at radius 1 is 1.04 bits per heavy atom. The fourth-order valence-electron chi connectivity index (χ4n) is 2.90. The number of nitrogens with zero attached hydrogens (tertiary/aromatic N) is 3. The number of pyridine rings is 1. The lowest BCUT2D eigenvalue weighted by Gasteiger charge is -2.15. The molecule has 1 aliphatic carbocycles. The average Bonchev–Trinajstić information content (AvgIpc) is 2.90. The van der Waals surface area contributed by atoms with Gasteiger partial charge in [0, 0.05) is 24.6 Å². The van der Waals surface area contributed by atoms with Crippen LogP contribution in [0.3, 0.4) is 0 Å². The number of carbonyl (C=O) groups is 1. The number of carbonyl (C=O) groups excluding carboxylic acids is 1. The fraction of sp³-hybridized carbons (Fsp3) is 0.444. The molecule has 0 spiro atoms. The van der Waals surface area contributed by atoms with Gasteiger partial charge in [0.2, 0.25) is 5.95 Å². The van der Waals surface area contributed by atoms with Crippen molar-refractivity contribution in [3.05, 3.63) is 48.0 Å². The van der Waals surface area contributed by atoms with Gasteiger partial charge in [0.15, 0.2) is 0 Å². The van der Waals surface area contributed by atoms with Crippen molar-refractivity contribution >= 4 is 11.9 Å². The predicted molar refractivity (Wildman–Crippen MR) is 92.6 cm³/mol. The Labute approximate surface area is 142 Å². The SMILES string of the molecule is O=C(NCc1ccccn1)c1cnc(NC2CCCCCC2)nc1. The molecule has 1 fully saturated rings. The minimum absolute atomic E-state index is 0.193. The summed E-state index contributed by atoms with van der Waals surface area (Å²) in [4.78, 5) is 24.9. The molecule has 6 nitrogen and oxygen atoms in total. The summed E-state index contributed by atoms with van der Waals surface area (Å²) in [5.41, 5.74) is 1.27. The van der Waals surface area contributed by atoms with Crippen LogP contribution in [0, 0.1) is 0 Å². The standard InChI is InChI=1S/C18H23N5O/c24-17(20-13-16-9-5-6-10-19-16)14-11-21-18(22-12-14)23-15-7-3-1-2-4-8-15/h5-6,9-12,15H,1-4,7-8,13H2,(H,20,24)(H,21,22,23). The first-order chi connectivity index (χ1) is 11.8. The number of amides is 1. The van der Waals surface area contributed by atoms with Crippen LogP contribution >= 0.6 is 0 Å². The first kappa shape index (κ1) is 16.4. The van der Waals surface area contributed by atoms with Crippen LogP contribution in [0.5, 0.6) is 0 Å². The van der Waals surface area contributed by atoms with Crippen LogP contribution in [0.25, 0.3) is 0 Å². The summed E-state index contributed by atoms with van der Waals surface area (Å²) in [5.74, 6) is 0.407. The van der Waals surface area contributed by atoms with Crippen molar-refractivity contribution in [1.29, 1.82) is 0 Å². The van der Waals surface area contributed by atoms with E-state index in [9.17, 15) is 4.79 Å². The maximum absolute atomic E-state index is 12.1. The summed E-state index contributed by atoms with van der Waals surface area (Å²) >= 11 is 0. The van der Waals surface area contributed by atoms with Crippen LogP contribution in [-0.4, -0.2) is 26.9 Å². The maximum Gasteiger partial charge on any atom is 0.254 e. The van der Waals surface area contributed by atoms with Gasteiger partial charge in [-0.3, -0.25) is 9.78 Å². The van der Waals surface area contributed by atoms with Crippen LogP contribution in [0.4, 0.5) is 5.95 Å². The molecule has 0 radical (unpaired) electrons. The van der Waals surface area contributed by atoms with E-state index in [0.29, 0.717) is 24.1 Å². The lowest BCUT2D eigenvalue weighted by atomic mass is 10.1. The minimum Gasteiger partial charge on any atom is -0.351 e. The molecule has 0 aromatic carbocycles. The highest BCUT2D eigenvalue weighted by Gasteiger charge is 2.13. The summed E-state index contributed by atoms with van der Waals surface area (Å²) in [7, 11) is 0. The molecule has 0 bridgehead atoms. The largest absolute Gasteiger partial charge is 0.351 e. The number of hydrogen-bond donors (Lipinski definition) is 2. The number of anilines is 1. The fourth-order valence-corrected chi connectivity index (χ4v) is 2.90. The van der Waals surface area contributed by atoms with Crippen LogP contribution in [0.2, 0.25) is 0 Å². The first-order valence-electron chi connectivity index (χ1n) is 8.58. The molecule has 0 saturated heterocycles. The van der Waals surface area contributed by atoms with Crippen molar-refractivity contribution in [2.75, 3.05) is 5.32 Å². The van der Waals surface area contributed by atoms with Crippen LogP contribution in [0.15, 0.2) is 36.8 Å². The second kappa shape index (κ2) is 8.38. The first-order valence-corrected chi connectivity index (χ1v) is 8.58. The van der Waals surface area contributed by atoms with Crippen molar-refractivity contribution in [1.82, 2.24) is 20.3 Å². The van der Waals surface area contributed by atoms with E-state index in [2.05, 4.69) is 25.6 Å². The monoisotopic (exact) mass is 325 g/mol. The third-order valence-corrected chi connectivity index (χ3v) is 4.26. The third kappa shape index (κ3) is 4.75. The lowest BCUT2D eigenvalue weighted by Crippen LogP contribution is -2.24. The molecule has 2 aromatic rings. The average molecular weight is 325 g/mol. The molecule has 126 valence electrons. The van der Waals surface area contributed by atoms with Crippen molar-refractivity contribution in [3.63, 3.8) is 0 Å². The smallest absolute Gasteiger partial charge is 0.254 e. The topological polar surface area (TPSA) is 79.8 Å². The third-order valence-electron chi connectivity index (χ3n) is 4.26. The number of aromatic nitrogens is 3. The van der Waals surface area contributed by atoms with E-state index in [1.807, 2.05) is 18.2 Å². The van der Waals surface area contributed by atoms with Crippen LogP contribution in [-0.2, 0) is 6.54 Å². The summed E-state index contributed by atoms with van der Waals surface area (Å²) < 4.78 is 0.